The number of guanidine groups is 1. The number of amides is 1. The summed E-state index contributed by atoms with van der Waals surface area (Å²) in [7, 11) is 3.50. The van der Waals surface area contributed by atoms with Crippen molar-refractivity contribution >= 4 is 35.8 Å². The van der Waals surface area contributed by atoms with E-state index in [1.807, 2.05) is 18.3 Å². The molecule has 1 saturated heterocycles. The molecule has 0 radical (unpaired) electrons. The molecule has 8 heteroatoms. The molecular formula is C19H33IN6O. The van der Waals surface area contributed by atoms with Crippen LogP contribution in [0.3, 0.4) is 0 Å². The van der Waals surface area contributed by atoms with Crippen molar-refractivity contribution in [3.8, 4) is 0 Å². The minimum atomic E-state index is 0. The quantitative estimate of drug-likeness (QED) is 0.348. The lowest BCUT2D eigenvalue weighted by molar-refractivity contribution is -0.127. The van der Waals surface area contributed by atoms with Crippen LogP contribution in [0.25, 0.3) is 0 Å². The highest BCUT2D eigenvalue weighted by molar-refractivity contribution is 14.0. The highest BCUT2D eigenvalue weighted by Crippen LogP contribution is 2.12. The number of likely N-dealkylation sites (N-methyl/N-ethyl adjacent to an activating group) is 1. The van der Waals surface area contributed by atoms with E-state index in [2.05, 4.69) is 38.5 Å². The molecule has 1 aliphatic rings. The van der Waals surface area contributed by atoms with E-state index in [0.29, 0.717) is 6.04 Å². The Morgan fingerprint density at radius 2 is 2.07 bits per heavy atom. The molecule has 1 aliphatic heterocycles. The number of carbonyl (C=O) groups excluding carboxylic acids is 1. The first-order chi connectivity index (χ1) is 12.6. The van der Waals surface area contributed by atoms with E-state index < -0.39 is 0 Å². The first kappa shape index (κ1) is 23.6. The Morgan fingerprint density at radius 1 is 1.33 bits per heavy atom. The maximum atomic E-state index is 11.8. The molecule has 0 saturated carbocycles. The van der Waals surface area contributed by atoms with E-state index in [-0.39, 0.29) is 36.4 Å². The summed E-state index contributed by atoms with van der Waals surface area (Å²) in [4.78, 5) is 24.6. The second kappa shape index (κ2) is 12.9. The van der Waals surface area contributed by atoms with Gasteiger partial charge in [0, 0.05) is 52.5 Å². The predicted molar refractivity (Wildman–Crippen MR) is 120 cm³/mol. The van der Waals surface area contributed by atoms with Crippen molar-refractivity contribution in [2.45, 2.75) is 38.8 Å². The third-order valence-electron chi connectivity index (χ3n) is 4.45. The van der Waals surface area contributed by atoms with Gasteiger partial charge in [0.2, 0.25) is 5.91 Å². The molecular weight excluding hydrogens is 455 g/mol. The van der Waals surface area contributed by atoms with Gasteiger partial charge in [0.1, 0.15) is 6.54 Å². The number of likely N-dealkylation sites (tertiary alicyclic amines) is 1. The highest BCUT2D eigenvalue weighted by atomic mass is 127. The molecule has 1 fully saturated rings. The lowest BCUT2D eigenvalue weighted by Crippen LogP contribution is -2.49. The van der Waals surface area contributed by atoms with Crippen LogP contribution in [0.15, 0.2) is 29.4 Å². The number of halogens is 1. The number of pyridine rings is 1. The standard InChI is InChI=1S/C19H32N6O.HI/c1-4-10-21-19(22-14-18(26)24(2)3)23-16-8-12-25(13-9-16)15-17-7-5-6-11-20-17;/h5-7,11,16H,4,8-10,12-15H2,1-3H3,(H2,21,22,23);1H. The van der Waals surface area contributed by atoms with Crippen molar-refractivity contribution < 1.29 is 4.79 Å². The highest BCUT2D eigenvalue weighted by Gasteiger charge is 2.20. The van der Waals surface area contributed by atoms with Crippen LogP contribution in [0, 0.1) is 0 Å². The number of hydrogen-bond donors (Lipinski definition) is 2. The lowest BCUT2D eigenvalue weighted by Gasteiger charge is -2.33. The zero-order valence-electron chi connectivity index (χ0n) is 16.6. The van der Waals surface area contributed by atoms with Crippen LogP contribution in [-0.4, -0.2) is 73.0 Å². The van der Waals surface area contributed by atoms with Gasteiger partial charge in [0.15, 0.2) is 5.96 Å². The van der Waals surface area contributed by atoms with E-state index in [1.54, 1.807) is 19.0 Å². The summed E-state index contributed by atoms with van der Waals surface area (Å²) in [5.74, 6) is 0.748. The topological polar surface area (TPSA) is 72.9 Å². The van der Waals surface area contributed by atoms with Gasteiger partial charge < -0.3 is 15.5 Å². The zero-order valence-corrected chi connectivity index (χ0v) is 19.0. The van der Waals surface area contributed by atoms with E-state index in [9.17, 15) is 4.79 Å². The smallest absolute Gasteiger partial charge is 0.243 e. The Hall–Kier alpha value is -1.42. The molecule has 2 heterocycles. The van der Waals surface area contributed by atoms with E-state index in [4.69, 9.17) is 0 Å². The molecule has 1 aromatic heterocycles. The fourth-order valence-corrected chi connectivity index (χ4v) is 2.83. The number of nitrogens with zero attached hydrogens (tertiary/aromatic N) is 4. The molecule has 27 heavy (non-hydrogen) atoms. The summed E-state index contributed by atoms with van der Waals surface area (Å²) in [5, 5.41) is 6.80. The summed E-state index contributed by atoms with van der Waals surface area (Å²) in [5.41, 5.74) is 1.12. The molecule has 0 aliphatic carbocycles. The molecule has 0 unspecified atom stereocenters. The van der Waals surface area contributed by atoms with Crippen LogP contribution in [0.2, 0.25) is 0 Å². The summed E-state index contributed by atoms with van der Waals surface area (Å²) in [6.45, 7) is 6.11. The number of carbonyl (C=O) groups is 1. The average Bonchev–Trinajstić information content (AvgIpc) is 2.65. The maximum absolute atomic E-state index is 11.8. The first-order valence-corrected chi connectivity index (χ1v) is 9.45. The van der Waals surface area contributed by atoms with Crippen molar-refractivity contribution in [2.75, 3.05) is 40.3 Å². The number of piperidine rings is 1. The maximum Gasteiger partial charge on any atom is 0.243 e. The number of aliphatic imine (C=N–C) groups is 1. The molecule has 1 aromatic rings. The fraction of sp³-hybridized carbons (Fsp3) is 0.632. The lowest BCUT2D eigenvalue weighted by atomic mass is 10.0. The second-order valence-electron chi connectivity index (χ2n) is 6.90. The summed E-state index contributed by atoms with van der Waals surface area (Å²) >= 11 is 0. The van der Waals surface area contributed by atoms with Gasteiger partial charge in [-0.25, -0.2) is 4.99 Å². The van der Waals surface area contributed by atoms with Gasteiger partial charge in [-0.3, -0.25) is 14.7 Å². The minimum Gasteiger partial charge on any atom is -0.356 e. The van der Waals surface area contributed by atoms with Gasteiger partial charge in [-0.15, -0.1) is 24.0 Å². The average molecular weight is 488 g/mol. The van der Waals surface area contributed by atoms with Crippen molar-refractivity contribution in [1.82, 2.24) is 25.4 Å². The van der Waals surface area contributed by atoms with Crippen LogP contribution in [0.1, 0.15) is 31.9 Å². The molecule has 152 valence electrons. The van der Waals surface area contributed by atoms with Crippen LogP contribution in [0.4, 0.5) is 0 Å². The van der Waals surface area contributed by atoms with Crippen LogP contribution in [0.5, 0.6) is 0 Å². The first-order valence-electron chi connectivity index (χ1n) is 9.45. The van der Waals surface area contributed by atoms with E-state index in [0.717, 1.165) is 57.1 Å². The van der Waals surface area contributed by atoms with Crippen molar-refractivity contribution in [3.63, 3.8) is 0 Å². The van der Waals surface area contributed by atoms with Crippen molar-refractivity contribution in [3.05, 3.63) is 30.1 Å². The number of nitrogens with one attached hydrogen (secondary N) is 2. The van der Waals surface area contributed by atoms with E-state index >= 15 is 0 Å². The monoisotopic (exact) mass is 488 g/mol. The van der Waals surface area contributed by atoms with Gasteiger partial charge in [-0.05, 0) is 31.4 Å². The number of hydrogen-bond acceptors (Lipinski definition) is 4. The Kier molecular flexibility index (Phi) is 11.3. The zero-order chi connectivity index (χ0) is 18.8. The summed E-state index contributed by atoms with van der Waals surface area (Å²) in [6.07, 6.45) is 4.98. The number of aromatic nitrogens is 1. The van der Waals surface area contributed by atoms with Gasteiger partial charge in [-0.2, -0.15) is 0 Å². The van der Waals surface area contributed by atoms with Crippen molar-refractivity contribution in [2.24, 2.45) is 4.99 Å². The Balaban J connectivity index is 0.00000364. The molecule has 0 spiro atoms. The number of rotatable bonds is 7. The molecule has 0 bridgehead atoms. The largest absolute Gasteiger partial charge is 0.356 e. The molecule has 2 N–H and O–H groups in total. The molecule has 2 rings (SSSR count). The van der Waals surface area contributed by atoms with E-state index in [1.165, 1.54) is 0 Å². The third-order valence-corrected chi connectivity index (χ3v) is 4.45. The Labute approximate surface area is 180 Å². The molecule has 1 amide bonds. The predicted octanol–water partition coefficient (Wildman–Crippen LogP) is 1.70. The normalized spacial score (nSPS) is 15.7. The minimum absolute atomic E-state index is 0. The van der Waals surface area contributed by atoms with Crippen molar-refractivity contribution in [1.29, 1.82) is 0 Å². The molecule has 7 nitrogen and oxygen atoms in total. The van der Waals surface area contributed by atoms with Crippen LogP contribution < -0.4 is 10.6 Å². The van der Waals surface area contributed by atoms with Gasteiger partial charge in [0.25, 0.3) is 0 Å². The molecule has 0 atom stereocenters. The fourth-order valence-electron chi connectivity index (χ4n) is 2.83. The second-order valence-corrected chi connectivity index (χ2v) is 6.90. The van der Waals surface area contributed by atoms with Crippen LogP contribution in [-0.2, 0) is 11.3 Å². The van der Waals surface area contributed by atoms with Crippen LogP contribution >= 0.6 is 24.0 Å². The summed E-state index contributed by atoms with van der Waals surface area (Å²) in [6, 6.07) is 6.44. The Bertz CT molecular complexity index is 573. The Morgan fingerprint density at radius 3 is 2.67 bits per heavy atom. The van der Waals surface area contributed by atoms with Gasteiger partial charge in [0.05, 0.1) is 5.69 Å². The third kappa shape index (κ3) is 8.87. The molecule has 0 aromatic carbocycles. The van der Waals surface area contributed by atoms with Gasteiger partial charge in [-0.1, -0.05) is 13.0 Å². The van der Waals surface area contributed by atoms with Gasteiger partial charge >= 0.3 is 0 Å². The summed E-state index contributed by atoms with van der Waals surface area (Å²) < 4.78 is 0. The SMILES string of the molecule is CCCNC(=NCC(=O)N(C)C)NC1CCN(Cc2ccccn2)CC1.I.